The van der Waals surface area contributed by atoms with E-state index >= 15 is 0 Å². The number of halogens is 3. The summed E-state index contributed by atoms with van der Waals surface area (Å²) in [5.74, 6) is 0. The first kappa shape index (κ1) is 19.2. The van der Waals surface area contributed by atoms with Crippen LogP contribution in [0.2, 0.25) is 0 Å². The van der Waals surface area contributed by atoms with Crippen LogP contribution in [0.4, 0.5) is 18.0 Å². The lowest BCUT2D eigenvalue weighted by Crippen LogP contribution is -2.73. The molecule has 3 aliphatic rings. The van der Waals surface area contributed by atoms with Gasteiger partial charge in [-0.1, -0.05) is 0 Å². The van der Waals surface area contributed by atoms with E-state index in [0.717, 1.165) is 25.6 Å². The van der Waals surface area contributed by atoms with Crippen molar-refractivity contribution in [2.24, 2.45) is 5.41 Å². The Morgan fingerprint density at radius 2 is 1.93 bits per heavy atom. The monoisotopic (exact) mass is 423 g/mol. The number of hydrogen-bond donors (Lipinski definition) is 0. The average molecular weight is 423 g/mol. The van der Waals surface area contributed by atoms with Crippen LogP contribution in [0.1, 0.15) is 23.9 Å². The molecule has 0 unspecified atom stereocenters. The summed E-state index contributed by atoms with van der Waals surface area (Å²) in [5, 5.41) is 18.1. The van der Waals surface area contributed by atoms with Gasteiger partial charge in [0.2, 0.25) is 0 Å². The minimum Gasteiger partial charge on any atom is -0.323 e. The molecule has 5 heterocycles. The van der Waals surface area contributed by atoms with E-state index < -0.39 is 11.9 Å². The first-order valence-electron chi connectivity index (χ1n) is 9.70. The summed E-state index contributed by atoms with van der Waals surface area (Å²) in [6.07, 6.45) is -2.07. The van der Waals surface area contributed by atoms with E-state index in [2.05, 4.69) is 30.6 Å². The van der Waals surface area contributed by atoms with Crippen molar-refractivity contribution in [3.05, 3.63) is 29.8 Å². The van der Waals surface area contributed by atoms with Crippen LogP contribution < -0.4 is 0 Å². The molecule has 2 amide bonds. The number of rotatable bonds is 3. The Bertz CT molecular complexity index is 904. The van der Waals surface area contributed by atoms with Crippen LogP contribution in [0, 0.1) is 5.41 Å². The minimum absolute atomic E-state index is 0.0447. The molecule has 2 aromatic rings. The molecule has 0 N–H and O–H groups in total. The normalized spacial score (nSPS) is 23.5. The Balaban J connectivity index is 1.08. The number of urea groups is 1. The Hall–Kier alpha value is -2.83. The topological polar surface area (TPSA) is 96.2 Å². The summed E-state index contributed by atoms with van der Waals surface area (Å²) in [5.41, 5.74) is -0.385. The Morgan fingerprint density at radius 3 is 2.57 bits per heavy atom. The number of carbonyl (C=O) groups is 1. The molecular weight excluding hydrogens is 403 g/mol. The molecule has 0 aliphatic carbocycles. The Morgan fingerprint density at radius 1 is 1.13 bits per heavy atom. The predicted octanol–water partition coefficient (Wildman–Crippen LogP) is 0.667. The summed E-state index contributed by atoms with van der Waals surface area (Å²) in [6.45, 7) is 4.75. The summed E-state index contributed by atoms with van der Waals surface area (Å²) >= 11 is 0. The second-order valence-electron chi connectivity index (χ2n) is 8.37. The Kier molecular flexibility index (Phi) is 4.38. The van der Waals surface area contributed by atoms with Gasteiger partial charge in [-0.2, -0.15) is 18.3 Å². The van der Waals surface area contributed by atoms with E-state index in [9.17, 15) is 18.0 Å². The van der Waals surface area contributed by atoms with Gasteiger partial charge >= 0.3 is 12.2 Å². The van der Waals surface area contributed by atoms with Crippen LogP contribution in [0.25, 0.3) is 0 Å². The number of aromatic nitrogens is 6. The third-order valence-corrected chi connectivity index (χ3v) is 6.01. The lowest BCUT2D eigenvalue weighted by Gasteiger charge is -2.60. The molecule has 1 atom stereocenters. The predicted molar refractivity (Wildman–Crippen MR) is 94.8 cm³/mol. The molecule has 0 bridgehead atoms. The third-order valence-electron chi connectivity index (χ3n) is 6.01. The first-order valence-corrected chi connectivity index (χ1v) is 9.70. The van der Waals surface area contributed by atoms with Crippen LogP contribution in [0.5, 0.6) is 0 Å². The van der Waals surface area contributed by atoms with E-state index in [1.165, 1.54) is 6.07 Å². The zero-order valence-electron chi connectivity index (χ0n) is 16.0. The maximum absolute atomic E-state index is 12.7. The molecular formula is C17H20F3N9O. The summed E-state index contributed by atoms with van der Waals surface area (Å²) in [4.78, 5) is 18.5. The van der Waals surface area contributed by atoms with E-state index in [0.29, 0.717) is 38.4 Å². The van der Waals surface area contributed by atoms with Crippen molar-refractivity contribution >= 4 is 6.03 Å². The molecule has 2 aromatic heterocycles. The molecule has 160 valence electrons. The maximum Gasteiger partial charge on any atom is 0.435 e. The van der Waals surface area contributed by atoms with Crippen LogP contribution in [0.3, 0.4) is 0 Å². The molecule has 5 rings (SSSR count). The van der Waals surface area contributed by atoms with Gasteiger partial charge in [0, 0.05) is 51.2 Å². The fourth-order valence-electron chi connectivity index (χ4n) is 4.60. The minimum atomic E-state index is -4.48. The molecule has 3 saturated heterocycles. The maximum atomic E-state index is 12.7. The standard InChI is InChI=1S/C17H20F3N9O/c18-17(19,20)14-2-1-12(22-23-14)5-26-7-16(8-26)9-28(10-16)15(30)27-4-3-13(6-27)29-11-21-24-25-29/h1-2,11,13H,3-10H2/t13-/m0/s1. The highest BCUT2D eigenvalue weighted by Gasteiger charge is 2.54. The number of likely N-dealkylation sites (tertiary alicyclic amines) is 3. The van der Waals surface area contributed by atoms with Crippen molar-refractivity contribution in [2.45, 2.75) is 25.2 Å². The fourth-order valence-corrected chi connectivity index (χ4v) is 4.60. The molecule has 30 heavy (non-hydrogen) atoms. The lowest BCUT2D eigenvalue weighted by atomic mass is 9.73. The van der Waals surface area contributed by atoms with Crippen LogP contribution in [0.15, 0.2) is 18.5 Å². The zero-order valence-corrected chi connectivity index (χ0v) is 16.0. The van der Waals surface area contributed by atoms with E-state index in [1.807, 2.05) is 9.80 Å². The number of carbonyl (C=O) groups excluding carboxylic acids is 1. The molecule has 3 aliphatic heterocycles. The van der Waals surface area contributed by atoms with Gasteiger partial charge in [-0.3, -0.25) is 4.90 Å². The Labute approximate surface area is 169 Å². The van der Waals surface area contributed by atoms with Gasteiger partial charge in [-0.05, 0) is 29.0 Å². The van der Waals surface area contributed by atoms with E-state index in [4.69, 9.17) is 0 Å². The van der Waals surface area contributed by atoms with Crippen molar-refractivity contribution in [3.63, 3.8) is 0 Å². The third kappa shape index (κ3) is 3.46. The number of nitrogens with zero attached hydrogens (tertiary/aromatic N) is 9. The quantitative estimate of drug-likeness (QED) is 0.716. The van der Waals surface area contributed by atoms with Gasteiger partial charge in [-0.25, -0.2) is 9.48 Å². The molecule has 10 nitrogen and oxygen atoms in total. The second-order valence-corrected chi connectivity index (χ2v) is 8.37. The molecule has 0 radical (unpaired) electrons. The summed E-state index contributed by atoms with van der Waals surface area (Å²) < 4.78 is 39.4. The molecule has 3 fully saturated rings. The molecule has 1 spiro atoms. The van der Waals surface area contributed by atoms with Crippen molar-refractivity contribution in [1.82, 2.24) is 45.1 Å². The van der Waals surface area contributed by atoms with Gasteiger partial charge in [0.15, 0.2) is 5.69 Å². The fraction of sp³-hybridized carbons (Fsp3) is 0.647. The van der Waals surface area contributed by atoms with E-state index in [-0.39, 0.29) is 17.5 Å². The highest BCUT2D eigenvalue weighted by Crippen LogP contribution is 2.41. The van der Waals surface area contributed by atoms with Crippen LogP contribution in [-0.4, -0.2) is 90.4 Å². The van der Waals surface area contributed by atoms with Crippen LogP contribution in [-0.2, 0) is 12.7 Å². The van der Waals surface area contributed by atoms with Gasteiger partial charge in [0.1, 0.15) is 6.33 Å². The lowest BCUT2D eigenvalue weighted by molar-refractivity contribution is -0.141. The van der Waals surface area contributed by atoms with Crippen molar-refractivity contribution < 1.29 is 18.0 Å². The zero-order chi connectivity index (χ0) is 20.9. The number of tetrazole rings is 1. The average Bonchev–Trinajstić information content (AvgIpc) is 3.33. The SMILES string of the molecule is O=C(N1CC[C@H](n2cnnn2)C1)N1CC2(CN(Cc3ccc(C(F)(F)F)nn3)C2)C1. The summed E-state index contributed by atoms with van der Waals surface area (Å²) in [6, 6.07) is 2.48. The van der Waals surface area contributed by atoms with Gasteiger partial charge < -0.3 is 9.80 Å². The van der Waals surface area contributed by atoms with Crippen molar-refractivity contribution in [1.29, 1.82) is 0 Å². The number of hydrogen-bond acceptors (Lipinski definition) is 7. The molecule has 0 aromatic carbocycles. The second kappa shape index (κ2) is 6.86. The highest BCUT2D eigenvalue weighted by atomic mass is 19.4. The van der Waals surface area contributed by atoms with Gasteiger partial charge in [-0.15, -0.1) is 10.2 Å². The molecule has 0 saturated carbocycles. The number of amides is 2. The summed E-state index contributed by atoms with van der Waals surface area (Å²) in [7, 11) is 0. The van der Waals surface area contributed by atoms with Crippen molar-refractivity contribution in [2.75, 3.05) is 39.3 Å². The van der Waals surface area contributed by atoms with Gasteiger partial charge in [0.05, 0.1) is 11.7 Å². The smallest absolute Gasteiger partial charge is 0.323 e. The van der Waals surface area contributed by atoms with Crippen LogP contribution >= 0.6 is 0 Å². The van der Waals surface area contributed by atoms with Crippen molar-refractivity contribution in [3.8, 4) is 0 Å². The highest BCUT2D eigenvalue weighted by molar-refractivity contribution is 5.76. The van der Waals surface area contributed by atoms with Gasteiger partial charge in [0.25, 0.3) is 0 Å². The number of alkyl halides is 3. The largest absolute Gasteiger partial charge is 0.435 e. The molecule has 13 heteroatoms. The first-order chi connectivity index (χ1) is 14.3. The van der Waals surface area contributed by atoms with E-state index in [1.54, 1.807) is 11.0 Å².